The molecule has 1 aliphatic carbocycles. The Morgan fingerprint density at radius 1 is 1.35 bits per heavy atom. The average Bonchev–Trinajstić information content (AvgIpc) is 2.63. The van der Waals surface area contributed by atoms with Gasteiger partial charge < -0.3 is 15.8 Å². The molecule has 2 aliphatic rings. The maximum Gasteiger partial charge on any atom is 0.119 e. The fourth-order valence-corrected chi connectivity index (χ4v) is 3.38. The fraction of sp³-hybridized carbons (Fsp3) is 0.571. The standard InChI is InChI=1S/C14H20N2O/c1-17-11-3-2-10-9-14(4-6-16-7-5-14)13(15)12(10)8-11/h2-3,8,13,16H,4-7,9,15H2,1H3/t13-/m1/s1. The number of rotatable bonds is 1. The second-order valence-electron chi connectivity index (χ2n) is 5.33. The van der Waals surface area contributed by atoms with Gasteiger partial charge in [-0.3, -0.25) is 0 Å². The molecule has 3 nitrogen and oxygen atoms in total. The smallest absolute Gasteiger partial charge is 0.119 e. The lowest BCUT2D eigenvalue weighted by atomic mass is 9.73. The van der Waals surface area contributed by atoms with E-state index < -0.39 is 0 Å². The fourth-order valence-electron chi connectivity index (χ4n) is 3.38. The van der Waals surface area contributed by atoms with E-state index in [0.29, 0.717) is 5.41 Å². The Hall–Kier alpha value is -1.06. The minimum atomic E-state index is 0.176. The Labute approximate surface area is 102 Å². The van der Waals surface area contributed by atoms with Crippen molar-refractivity contribution in [3.63, 3.8) is 0 Å². The zero-order chi connectivity index (χ0) is 11.9. The molecule has 1 atom stereocenters. The molecular weight excluding hydrogens is 212 g/mol. The number of fused-ring (bicyclic) bond motifs is 1. The molecule has 17 heavy (non-hydrogen) atoms. The van der Waals surface area contributed by atoms with Crippen LogP contribution in [-0.2, 0) is 6.42 Å². The van der Waals surface area contributed by atoms with Gasteiger partial charge in [0.2, 0.25) is 0 Å². The third kappa shape index (κ3) is 1.65. The van der Waals surface area contributed by atoms with E-state index in [4.69, 9.17) is 10.5 Å². The molecule has 3 N–H and O–H groups in total. The van der Waals surface area contributed by atoms with Gasteiger partial charge in [-0.15, -0.1) is 0 Å². The number of nitrogens with one attached hydrogen (secondary N) is 1. The molecule has 1 saturated heterocycles. The second-order valence-corrected chi connectivity index (χ2v) is 5.33. The van der Waals surface area contributed by atoms with Gasteiger partial charge in [-0.05, 0) is 61.0 Å². The molecule has 1 aromatic carbocycles. The molecule has 1 aromatic rings. The van der Waals surface area contributed by atoms with Gasteiger partial charge in [-0.2, -0.15) is 0 Å². The summed E-state index contributed by atoms with van der Waals surface area (Å²) in [5.41, 5.74) is 9.50. The van der Waals surface area contributed by atoms with Crippen LogP contribution in [0.2, 0.25) is 0 Å². The summed E-state index contributed by atoms with van der Waals surface area (Å²) >= 11 is 0. The summed E-state index contributed by atoms with van der Waals surface area (Å²) < 4.78 is 5.30. The van der Waals surface area contributed by atoms with E-state index >= 15 is 0 Å². The molecule has 3 rings (SSSR count). The van der Waals surface area contributed by atoms with Crippen LogP contribution < -0.4 is 15.8 Å². The van der Waals surface area contributed by atoms with Gasteiger partial charge in [-0.1, -0.05) is 6.07 Å². The van der Waals surface area contributed by atoms with Crippen molar-refractivity contribution in [2.45, 2.75) is 25.3 Å². The molecule has 3 heteroatoms. The SMILES string of the molecule is COc1ccc2c(c1)[C@@H](N)C1(CCNCC1)C2. The molecule has 0 saturated carbocycles. The number of hydrogen-bond acceptors (Lipinski definition) is 3. The topological polar surface area (TPSA) is 47.3 Å². The summed E-state index contributed by atoms with van der Waals surface area (Å²) in [6, 6.07) is 6.53. The number of methoxy groups -OCH3 is 1. The van der Waals surface area contributed by atoms with E-state index in [1.807, 2.05) is 6.07 Å². The molecule has 1 spiro atoms. The highest BCUT2D eigenvalue weighted by atomic mass is 16.5. The van der Waals surface area contributed by atoms with E-state index in [9.17, 15) is 0 Å². The lowest BCUT2D eigenvalue weighted by Crippen LogP contribution is -2.42. The van der Waals surface area contributed by atoms with Crippen LogP contribution in [-0.4, -0.2) is 20.2 Å². The van der Waals surface area contributed by atoms with Crippen LogP contribution >= 0.6 is 0 Å². The molecule has 1 heterocycles. The summed E-state index contributed by atoms with van der Waals surface area (Å²) in [5, 5.41) is 3.43. The van der Waals surface area contributed by atoms with E-state index in [1.165, 1.54) is 24.0 Å². The van der Waals surface area contributed by atoms with Crippen LogP contribution in [0.1, 0.15) is 30.0 Å². The summed E-state index contributed by atoms with van der Waals surface area (Å²) in [4.78, 5) is 0. The van der Waals surface area contributed by atoms with Crippen LogP contribution in [0.15, 0.2) is 18.2 Å². The van der Waals surface area contributed by atoms with Gasteiger partial charge in [0, 0.05) is 6.04 Å². The summed E-state index contributed by atoms with van der Waals surface area (Å²) in [5.74, 6) is 0.921. The van der Waals surface area contributed by atoms with Crippen LogP contribution in [0.4, 0.5) is 0 Å². The van der Waals surface area contributed by atoms with Crippen LogP contribution in [0.25, 0.3) is 0 Å². The van der Waals surface area contributed by atoms with Gasteiger partial charge in [0.15, 0.2) is 0 Å². The van der Waals surface area contributed by atoms with Crippen molar-refractivity contribution in [3.8, 4) is 5.75 Å². The first kappa shape index (κ1) is 11.1. The molecule has 0 bridgehead atoms. The van der Waals surface area contributed by atoms with Gasteiger partial charge in [-0.25, -0.2) is 0 Å². The van der Waals surface area contributed by atoms with E-state index in [0.717, 1.165) is 25.3 Å². The third-order valence-corrected chi connectivity index (χ3v) is 4.49. The van der Waals surface area contributed by atoms with Crippen molar-refractivity contribution >= 4 is 0 Å². The van der Waals surface area contributed by atoms with Crippen LogP contribution in [0, 0.1) is 5.41 Å². The second kappa shape index (κ2) is 4.00. The van der Waals surface area contributed by atoms with E-state index in [-0.39, 0.29) is 6.04 Å². The quantitative estimate of drug-likeness (QED) is 0.773. The number of nitrogens with two attached hydrogens (primary N) is 1. The van der Waals surface area contributed by atoms with Crippen molar-refractivity contribution in [3.05, 3.63) is 29.3 Å². The zero-order valence-corrected chi connectivity index (χ0v) is 10.3. The maximum absolute atomic E-state index is 6.50. The molecule has 0 aromatic heterocycles. The normalized spacial score (nSPS) is 25.9. The van der Waals surface area contributed by atoms with Crippen molar-refractivity contribution in [2.75, 3.05) is 20.2 Å². The summed E-state index contributed by atoms with van der Waals surface area (Å²) in [7, 11) is 1.71. The third-order valence-electron chi connectivity index (χ3n) is 4.49. The highest BCUT2D eigenvalue weighted by Gasteiger charge is 2.44. The Kier molecular flexibility index (Phi) is 2.60. The van der Waals surface area contributed by atoms with Gasteiger partial charge >= 0.3 is 0 Å². The van der Waals surface area contributed by atoms with Gasteiger partial charge in [0.25, 0.3) is 0 Å². The van der Waals surface area contributed by atoms with Crippen molar-refractivity contribution < 1.29 is 4.74 Å². The zero-order valence-electron chi connectivity index (χ0n) is 10.3. The van der Waals surface area contributed by atoms with Crippen LogP contribution in [0.3, 0.4) is 0 Å². The maximum atomic E-state index is 6.50. The first-order valence-corrected chi connectivity index (χ1v) is 6.38. The van der Waals surface area contributed by atoms with Crippen molar-refractivity contribution in [1.29, 1.82) is 0 Å². The molecule has 0 unspecified atom stereocenters. The molecule has 1 fully saturated rings. The highest BCUT2D eigenvalue weighted by molar-refractivity contribution is 5.43. The minimum absolute atomic E-state index is 0.176. The largest absolute Gasteiger partial charge is 0.497 e. The molecule has 92 valence electrons. The molecule has 1 aliphatic heterocycles. The minimum Gasteiger partial charge on any atom is -0.497 e. The first-order chi connectivity index (χ1) is 8.25. The monoisotopic (exact) mass is 232 g/mol. The number of piperidine rings is 1. The highest BCUT2D eigenvalue weighted by Crippen LogP contribution is 2.50. The number of hydrogen-bond donors (Lipinski definition) is 2. The number of benzene rings is 1. The Morgan fingerprint density at radius 2 is 2.12 bits per heavy atom. The lowest BCUT2D eigenvalue weighted by Gasteiger charge is -2.37. The molecule has 0 amide bonds. The lowest BCUT2D eigenvalue weighted by molar-refractivity contribution is 0.174. The molecular formula is C14H20N2O. The summed E-state index contributed by atoms with van der Waals surface area (Å²) in [6.07, 6.45) is 3.51. The van der Waals surface area contributed by atoms with Crippen molar-refractivity contribution in [2.24, 2.45) is 11.1 Å². The summed E-state index contributed by atoms with van der Waals surface area (Å²) in [6.45, 7) is 2.19. The van der Waals surface area contributed by atoms with Crippen molar-refractivity contribution in [1.82, 2.24) is 5.32 Å². The Morgan fingerprint density at radius 3 is 2.82 bits per heavy atom. The van der Waals surface area contributed by atoms with E-state index in [1.54, 1.807) is 7.11 Å². The first-order valence-electron chi connectivity index (χ1n) is 6.38. The Bertz CT molecular complexity index is 424. The number of ether oxygens (including phenoxy) is 1. The van der Waals surface area contributed by atoms with Gasteiger partial charge in [0.1, 0.15) is 5.75 Å². The van der Waals surface area contributed by atoms with Crippen LogP contribution in [0.5, 0.6) is 5.75 Å². The molecule has 0 radical (unpaired) electrons. The predicted molar refractivity (Wildman–Crippen MR) is 68.2 cm³/mol. The van der Waals surface area contributed by atoms with Gasteiger partial charge in [0.05, 0.1) is 7.11 Å². The Balaban J connectivity index is 1.96. The average molecular weight is 232 g/mol. The predicted octanol–water partition coefficient (Wildman–Crippen LogP) is 1.62. The van der Waals surface area contributed by atoms with E-state index in [2.05, 4.69) is 17.4 Å².